The van der Waals surface area contributed by atoms with Gasteiger partial charge in [-0.15, -0.1) is 0 Å². The maximum Gasteiger partial charge on any atom is 0.227 e. The predicted molar refractivity (Wildman–Crippen MR) is 72.1 cm³/mol. The molecule has 1 aliphatic heterocycles. The summed E-state index contributed by atoms with van der Waals surface area (Å²) >= 11 is 0. The van der Waals surface area contributed by atoms with Crippen LogP contribution in [0.5, 0.6) is 5.75 Å². The lowest BCUT2D eigenvalue weighted by molar-refractivity contribution is -0.134. The lowest BCUT2D eigenvalue weighted by Crippen LogP contribution is -2.43. The first-order valence-electron chi connectivity index (χ1n) is 6.37. The van der Waals surface area contributed by atoms with E-state index < -0.39 is 0 Å². The number of hydrogen-bond acceptors (Lipinski definition) is 3. The number of nitrogens with zero attached hydrogens (tertiary/aromatic N) is 1. The van der Waals surface area contributed by atoms with Crippen molar-refractivity contribution in [1.82, 2.24) is 4.90 Å². The number of rotatable bonds is 3. The highest BCUT2D eigenvalue weighted by Crippen LogP contribution is 2.27. The normalized spacial score (nSPS) is 17.6. The first-order chi connectivity index (χ1) is 8.92. The van der Waals surface area contributed by atoms with Gasteiger partial charge in [-0.1, -0.05) is 12.1 Å². The molecule has 4 nitrogen and oxygen atoms in total. The highest BCUT2D eigenvalue weighted by atomic mass is 16.5. The van der Waals surface area contributed by atoms with Crippen molar-refractivity contribution < 1.29 is 14.3 Å². The Morgan fingerprint density at radius 3 is 2.42 bits per heavy atom. The molecule has 4 heteroatoms. The van der Waals surface area contributed by atoms with Crippen LogP contribution < -0.4 is 4.74 Å². The fourth-order valence-corrected chi connectivity index (χ4v) is 2.46. The van der Waals surface area contributed by atoms with Crippen molar-refractivity contribution in [2.75, 3.05) is 13.7 Å². The third kappa shape index (κ3) is 2.95. The number of carbonyl (C=O) groups excluding carboxylic acids is 2. The molecule has 1 fully saturated rings. The first kappa shape index (κ1) is 13.6. The van der Waals surface area contributed by atoms with Crippen molar-refractivity contribution in [3.05, 3.63) is 29.8 Å². The number of methoxy groups -OCH3 is 1. The molecule has 0 N–H and O–H groups in total. The summed E-state index contributed by atoms with van der Waals surface area (Å²) in [6, 6.07) is 7.43. The topological polar surface area (TPSA) is 46.6 Å². The van der Waals surface area contributed by atoms with Crippen LogP contribution in [0.15, 0.2) is 24.3 Å². The van der Waals surface area contributed by atoms with Gasteiger partial charge in [0.05, 0.1) is 20.1 Å². The maximum atomic E-state index is 12.3. The molecular weight excluding hydrogens is 242 g/mol. The van der Waals surface area contributed by atoms with Gasteiger partial charge in [0.1, 0.15) is 5.75 Å². The van der Waals surface area contributed by atoms with Gasteiger partial charge in [-0.05, 0) is 31.5 Å². The molecule has 0 bridgehead atoms. The van der Waals surface area contributed by atoms with Crippen molar-refractivity contribution in [2.24, 2.45) is 0 Å². The monoisotopic (exact) mass is 261 g/mol. The summed E-state index contributed by atoms with van der Waals surface area (Å²) in [7, 11) is 1.61. The summed E-state index contributed by atoms with van der Waals surface area (Å²) in [6.07, 6.45) is 0.766. The fraction of sp³-hybridized carbons (Fsp3) is 0.467. The zero-order valence-corrected chi connectivity index (χ0v) is 11.6. The summed E-state index contributed by atoms with van der Waals surface area (Å²) in [5.41, 5.74) is 0.571. The molecule has 1 aliphatic rings. The quantitative estimate of drug-likeness (QED) is 0.833. The molecule has 0 spiro atoms. The average molecular weight is 261 g/mol. The molecular formula is C15H19NO3. The van der Waals surface area contributed by atoms with Crippen LogP contribution in [0.25, 0.3) is 0 Å². The van der Waals surface area contributed by atoms with Gasteiger partial charge in [0.2, 0.25) is 5.91 Å². The standard InChI is InChI=1S/C15H19NO3/c1-15(2)9-12(17)10-16(15)14(18)8-11-4-6-13(19-3)7-5-11/h4-7H,8-10H2,1-3H3. The van der Waals surface area contributed by atoms with E-state index in [-0.39, 0.29) is 23.8 Å². The van der Waals surface area contributed by atoms with Gasteiger partial charge < -0.3 is 9.64 Å². The van der Waals surface area contributed by atoms with E-state index in [1.54, 1.807) is 12.0 Å². The van der Waals surface area contributed by atoms with Crippen LogP contribution >= 0.6 is 0 Å². The van der Waals surface area contributed by atoms with Crippen molar-refractivity contribution in [1.29, 1.82) is 0 Å². The number of likely N-dealkylation sites (tertiary alicyclic amines) is 1. The second kappa shape index (κ2) is 5.03. The number of carbonyl (C=O) groups is 2. The molecule has 1 aromatic rings. The number of ketones is 1. The van der Waals surface area contributed by atoms with Gasteiger partial charge in [-0.3, -0.25) is 9.59 Å². The van der Waals surface area contributed by atoms with Gasteiger partial charge in [0.15, 0.2) is 5.78 Å². The van der Waals surface area contributed by atoms with E-state index in [9.17, 15) is 9.59 Å². The molecule has 2 rings (SSSR count). The van der Waals surface area contributed by atoms with Gasteiger partial charge >= 0.3 is 0 Å². The summed E-state index contributed by atoms with van der Waals surface area (Å²) in [6.45, 7) is 4.11. The minimum absolute atomic E-state index is 0.000942. The fourth-order valence-electron chi connectivity index (χ4n) is 2.46. The second-order valence-electron chi connectivity index (χ2n) is 5.53. The van der Waals surface area contributed by atoms with Gasteiger partial charge in [-0.25, -0.2) is 0 Å². The Kier molecular flexibility index (Phi) is 3.60. The molecule has 0 radical (unpaired) electrons. The largest absolute Gasteiger partial charge is 0.497 e. The number of amides is 1. The highest BCUT2D eigenvalue weighted by Gasteiger charge is 2.39. The summed E-state index contributed by atoms with van der Waals surface area (Å²) in [5, 5.41) is 0. The molecule has 0 atom stereocenters. The summed E-state index contributed by atoms with van der Waals surface area (Å²) in [5.74, 6) is 0.905. The number of ether oxygens (including phenoxy) is 1. The van der Waals surface area contributed by atoms with Gasteiger partial charge in [-0.2, -0.15) is 0 Å². The van der Waals surface area contributed by atoms with Crippen LogP contribution in [0, 0.1) is 0 Å². The third-order valence-electron chi connectivity index (χ3n) is 3.51. The smallest absolute Gasteiger partial charge is 0.227 e. The van der Waals surface area contributed by atoms with Gasteiger partial charge in [0, 0.05) is 12.0 Å². The van der Waals surface area contributed by atoms with Crippen LogP contribution in [-0.4, -0.2) is 35.8 Å². The third-order valence-corrected chi connectivity index (χ3v) is 3.51. The number of hydrogen-bond donors (Lipinski definition) is 0. The molecule has 1 amide bonds. The van der Waals surface area contributed by atoms with Crippen LogP contribution in [0.4, 0.5) is 0 Å². The van der Waals surface area contributed by atoms with Crippen LogP contribution in [0.1, 0.15) is 25.8 Å². The predicted octanol–water partition coefficient (Wildman–Crippen LogP) is 1.82. The molecule has 0 saturated carbocycles. The van der Waals surface area contributed by atoms with E-state index in [1.807, 2.05) is 38.1 Å². The first-order valence-corrected chi connectivity index (χ1v) is 6.37. The van der Waals surface area contributed by atoms with Crippen LogP contribution in [0.2, 0.25) is 0 Å². The Bertz CT molecular complexity index is 491. The Hall–Kier alpha value is -1.84. The van der Waals surface area contributed by atoms with E-state index in [2.05, 4.69) is 0 Å². The summed E-state index contributed by atoms with van der Waals surface area (Å²) < 4.78 is 5.08. The van der Waals surface area contributed by atoms with E-state index in [0.29, 0.717) is 12.8 Å². The molecule has 0 aromatic heterocycles. The zero-order valence-electron chi connectivity index (χ0n) is 11.6. The molecule has 1 heterocycles. The number of Topliss-reactive ketones (excluding diaryl/α,β-unsaturated/α-hetero) is 1. The van der Waals surface area contributed by atoms with E-state index in [4.69, 9.17) is 4.74 Å². The second-order valence-corrected chi connectivity index (χ2v) is 5.53. The molecule has 19 heavy (non-hydrogen) atoms. The lowest BCUT2D eigenvalue weighted by atomic mass is 10.0. The van der Waals surface area contributed by atoms with Crippen molar-refractivity contribution in [3.8, 4) is 5.75 Å². The zero-order chi connectivity index (χ0) is 14.0. The Morgan fingerprint density at radius 1 is 1.32 bits per heavy atom. The van der Waals surface area contributed by atoms with Crippen molar-refractivity contribution >= 4 is 11.7 Å². The Labute approximate surface area is 113 Å². The molecule has 0 aliphatic carbocycles. The molecule has 1 aromatic carbocycles. The maximum absolute atomic E-state index is 12.3. The minimum atomic E-state index is -0.360. The highest BCUT2D eigenvalue weighted by molar-refractivity contribution is 5.91. The van der Waals surface area contributed by atoms with E-state index in [1.165, 1.54) is 0 Å². The molecule has 102 valence electrons. The van der Waals surface area contributed by atoms with E-state index in [0.717, 1.165) is 11.3 Å². The minimum Gasteiger partial charge on any atom is -0.497 e. The van der Waals surface area contributed by atoms with Crippen LogP contribution in [0.3, 0.4) is 0 Å². The molecule has 1 saturated heterocycles. The Morgan fingerprint density at radius 2 is 1.95 bits per heavy atom. The molecule has 0 unspecified atom stereocenters. The Balaban J connectivity index is 2.06. The average Bonchev–Trinajstić information content (AvgIpc) is 2.63. The van der Waals surface area contributed by atoms with E-state index >= 15 is 0 Å². The SMILES string of the molecule is COc1ccc(CC(=O)N2CC(=O)CC2(C)C)cc1. The number of benzene rings is 1. The summed E-state index contributed by atoms with van der Waals surface area (Å²) in [4.78, 5) is 25.5. The van der Waals surface area contributed by atoms with Crippen molar-refractivity contribution in [2.45, 2.75) is 32.2 Å². The van der Waals surface area contributed by atoms with Gasteiger partial charge in [0.25, 0.3) is 0 Å². The van der Waals surface area contributed by atoms with Crippen molar-refractivity contribution in [3.63, 3.8) is 0 Å². The van der Waals surface area contributed by atoms with Crippen LogP contribution in [-0.2, 0) is 16.0 Å². The lowest BCUT2D eigenvalue weighted by Gasteiger charge is -2.30.